The highest BCUT2D eigenvalue weighted by Gasteiger charge is 2.16. The maximum Gasteiger partial charge on any atom is 0.249 e. The van der Waals surface area contributed by atoms with Crippen molar-refractivity contribution in [3.63, 3.8) is 0 Å². The summed E-state index contributed by atoms with van der Waals surface area (Å²) in [5.74, 6) is -0.145. The van der Waals surface area contributed by atoms with Gasteiger partial charge in [0, 0.05) is 16.9 Å². The van der Waals surface area contributed by atoms with Crippen molar-refractivity contribution in [2.45, 2.75) is 19.5 Å². The molecule has 0 fully saturated rings. The van der Waals surface area contributed by atoms with Crippen molar-refractivity contribution >= 4 is 43.5 Å². The van der Waals surface area contributed by atoms with E-state index in [0.717, 1.165) is 14.5 Å². The molecule has 2 aromatic heterocycles. The molecule has 0 aliphatic rings. The van der Waals surface area contributed by atoms with E-state index in [0.29, 0.717) is 12.2 Å². The Balaban J connectivity index is 1.63. The lowest BCUT2D eigenvalue weighted by atomic mass is 10.2. The lowest BCUT2D eigenvalue weighted by Crippen LogP contribution is -2.23. The molecule has 0 saturated heterocycles. The highest BCUT2D eigenvalue weighted by atomic mass is 79.9. The average molecular weight is 453 g/mol. The summed E-state index contributed by atoms with van der Waals surface area (Å²) in [4.78, 5) is 12.3. The number of carbonyl (C=O) groups excluding carboxylic acids is 1. The third-order valence-corrected chi connectivity index (χ3v) is 4.44. The van der Waals surface area contributed by atoms with Crippen LogP contribution in [0.25, 0.3) is 0 Å². The Hall–Kier alpha value is -1.93. The Morgan fingerprint density at radius 1 is 1.12 bits per heavy atom. The van der Waals surface area contributed by atoms with Crippen LogP contribution in [0, 0.1) is 0 Å². The van der Waals surface area contributed by atoms with Gasteiger partial charge in [-0.05, 0) is 40.5 Å². The summed E-state index contributed by atoms with van der Waals surface area (Å²) >= 11 is 6.74. The van der Waals surface area contributed by atoms with Gasteiger partial charge >= 0.3 is 0 Å². The minimum Gasteiger partial charge on any atom is -0.322 e. The van der Waals surface area contributed by atoms with Crippen LogP contribution in [0.4, 0.5) is 5.69 Å². The molecule has 1 unspecified atom stereocenters. The van der Waals surface area contributed by atoms with Gasteiger partial charge in [0.15, 0.2) is 0 Å². The van der Waals surface area contributed by atoms with E-state index in [1.54, 1.807) is 34.9 Å². The minimum atomic E-state index is -0.411. The molecule has 124 valence electrons. The highest BCUT2D eigenvalue weighted by Crippen LogP contribution is 2.15. The first-order valence-electron chi connectivity index (χ1n) is 7.28. The van der Waals surface area contributed by atoms with Crippen LogP contribution in [0.5, 0.6) is 0 Å². The Kier molecular flexibility index (Phi) is 5.15. The zero-order chi connectivity index (χ0) is 17.1. The molecule has 0 radical (unpaired) electrons. The van der Waals surface area contributed by atoms with E-state index in [2.05, 4.69) is 47.4 Å². The topological polar surface area (TPSA) is 64.7 Å². The van der Waals surface area contributed by atoms with Crippen LogP contribution in [-0.2, 0) is 11.3 Å². The SMILES string of the molecule is CC(C(=O)Nc1cnn(Cc2ccc(Br)cc2)c1)n1cc(Br)cn1. The predicted octanol–water partition coefficient (Wildman–Crippen LogP) is 3.85. The van der Waals surface area contributed by atoms with Gasteiger partial charge < -0.3 is 5.32 Å². The molecule has 0 saturated carbocycles. The van der Waals surface area contributed by atoms with Crippen molar-refractivity contribution < 1.29 is 4.79 Å². The first-order valence-corrected chi connectivity index (χ1v) is 8.87. The minimum absolute atomic E-state index is 0.145. The summed E-state index contributed by atoms with van der Waals surface area (Å²) in [6.07, 6.45) is 6.87. The van der Waals surface area contributed by atoms with E-state index in [1.165, 1.54) is 0 Å². The maximum atomic E-state index is 12.3. The molecule has 0 bridgehead atoms. The second-order valence-electron chi connectivity index (χ2n) is 5.36. The number of benzene rings is 1. The molecule has 8 heteroatoms. The van der Waals surface area contributed by atoms with Gasteiger partial charge in [-0.15, -0.1) is 0 Å². The van der Waals surface area contributed by atoms with Crippen molar-refractivity contribution in [1.29, 1.82) is 0 Å². The van der Waals surface area contributed by atoms with Gasteiger partial charge in [0.1, 0.15) is 6.04 Å². The van der Waals surface area contributed by atoms with Crippen LogP contribution in [0.1, 0.15) is 18.5 Å². The monoisotopic (exact) mass is 451 g/mol. The van der Waals surface area contributed by atoms with Crippen LogP contribution in [-0.4, -0.2) is 25.5 Å². The normalized spacial score (nSPS) is 12.1. The molecule has 2 heterocycles. The largest absolute Gasteiger partial charge is 0.322 e. The first-order chi connectivity index (χ1) is 11.5. The Labute approximate surface area is 156 Å². The van der Waals surface area contributed by atoms with Gasteiger partial charge in [-0.1, -0.05) is 28.1 Å². The zero-order valence-electron chi connectivity index (χ0n) is 12.9. The first kappa shape index (κ1) is 16.9. The van der Waals surface area contributed by atoms with Crippen LogP contribution in [0.3, 0.4) is 0 Å². The predicted molar refractivity (Wildman–Crippen MR) is 98.7 cm³/mol. The van der Waals surface area contributed by atoms with E-state index >= 15 is 0 Å². The number of carbonyl (C=O) groups is 1. The van der Waals surface area contributed by atoms with E-state index in [9.17, 15) is 4.79 Å². The fourth-order valence-corrected chi connectivity index (χ4v) is 2.75. The number of anilines is 1. The molecule has 6 nitrogen and oxygen atoms in total. The summed E-state index contributed by atoms with van der Waals surface area (Å²) in [5, 5.41) is 11.3. The number of halogens is 2. The molecule has 1 aromatic carbocycles. The molecule has 1 N–H and O–H groups in total. The number of nitrogens with one attached hydrogen (secondary N) is 1. The molecular weight excluding hydrogens is 438 g/mol. The number of aromatic nitrogens is 4. The molecule has 24 heavy (non-hydrogen) atoms. The zero-order valence-corrected chi connectivity index (χ0v) is 16.0. The van der Waals surface area contributed by atoms with Gasteiger partial charge in [0.2, 0.25) is 5.91 Å². The van der Waals surface area contributed by atoms with Gasteiger partial charge in [0.05, 0.1) is 29.1 Å². The second kappa shape index (κ2) is 7.31. The molecular formula is C16H15Br2N5O. The lowest BCUT2D eigenvalue weighted by molar-refractivity contribution is -0.119. The summed E-state index contributed by atoms with van der Waals surface area (Å²) < 4.78 is 5.27. The van der Waals surface area contributed by atoms with Crippen LogP contribution in [0.2, 0.25) is 0 Å². The van der Waals surface area contributed by atoms with Crippen molar-refractivity contribution in [1.82, 2.24) is 19.6 Å². The number of hydrogen-bond donors (Lipinski definition) is 1. The van der Waals surface area contributed by atoms with Crippen molar-refractivity contribution in [3.8, 4) is 0 Å². The molecule has 0 aliphatic carbocycles. The summed E-state index contributed by atoms with van der Waals surface area (Å²) in [7, 11) is 0. The maximum absolute atomic E-state index is 12.3. The quantitative estimate of drug-likeness (QED) is 0.639. The standard InChI is InChI=1S/C16H15Br2N5O/c1-11(23-9-14(18)6-20-23)16(24)21-15-7-19-22(10-15)8-12-2-4-13(17)5-3-12/h2-7,9-11H,8H2,1H3,(H,21,24). The average Bonchev–Trinajstić information content (AvgIpc) is 3.18. The molecule has 0 spiro atoms. The highest BCUT2D eigenvalue weighted by molar-refractivity contribution is 9.10. The van der Waals surface area contributed by atoms with Crippen LogP contribution >= 0.6 is 31.9 Å². The van der Waals surface area contributed by atoms with Crippen molar-refractivity contribution in [2.24, 2.45) is 0 Å². The fraction of sp³-hybridized carbons (Fsp3) is 0.188. The van der Waals surface area contributed by atoms with E-state index < -0.39 is 6.04 Å². The summed E-state index contributed by atoms with van der Waals surface area (Å²) in [6.45, 7) is 2.44. The van der Waals surface area contributed by atoms with Crippen molar-refractivity contribution in [3.05, 3.63) is 63.6 Å². The van der Waals surface area contributed by atoms with E-state index in [4.69, 9.17) is 0 Å². The van der Waals surface area contributed by atoms with Crippen LogP contribution < -0.4 is 5.32 Å². The smallest absolute Gasteiger partial charge is 0.249 e. The van der Waals surface area contributed by atoms with Crippen LogP contribution in [0.15, 0.2) is 58.0 Å². The Bertz CT molecular complexity index is 840. The number of rotatable bonds is 5. The molecule has 3 aromatic rings. The Morgan fingerprint density at radius 2 is 1.88 bits per heavy atom. The summed E-state index contributed by atoms with van der Waals surface area (Å²) in [5.41, 5.74) is 1.80. The molecule has 1 atom stereocenters. The number of amides is 1. The number of hydrogen-bond acceptors (Lipinski definition) is 3. The fourth-order valence-electron chi connectivity index (χ4n) is 2.18. The lowest BCUT2D eigenvalue weighted by Gasteiger charge is -2.11. The molecule has 3 rings (SSSR count). The molecule has 1 amide bonds. The van der Waals surface area contributed by atoms with Gasteiger partial charge in [-0.25, -0.2) is 0 Å². The van der Waals surface area contributed by atoms with Gasteiger partial charge in [0.25, 0.3) is 0 Å². The van der Waals surface area contributed by atoms with E-state index in [-0.39, 0.29) is 5.91 Å². The Morgan fingerprint density at radius 3 is 2.54 bits per heavy atom. The molecule has 0 aliphatic heterocycles. The summed E-state index contributed by atoms with van der Waals surface area (Å²) in [6, 6.07) is 7.63. The third kappa shape index (κ3) is 4.12. The third-order valence-electron chi connectivity index (χ3n) is 3.50. The van der Waals surface area contributed by atoms with Gasteiger partial charge in [-0.2, -0.15) is 10.2 Å². The number of nitrogens with zero attached hydrogens (tertiary/aromatic N) is 4. The van der Waals surface area contributed by atoms with Gasteiger partial charge in [-0.3, -0.25) is 14.2 Å². The second-order valence-corrected chi connectivity index (χ2v) is 7.19. The van der Waals surface area contributed by atoms with E-state index in [1.807, 2.05) is 30.5 Å². The van der Waals surface area contributed by atoms with Crippen molar-refractivity contribution in [2.75, 3.05) is 5.32 Å².